The van der Waals surface area contributed by atoms with Crippen molar-refractivity contribution in [3.63, 3.8) is 0 Å². The second-order valence-electron chi connectivity index (χ2n) is 4.66. The minimum Gasteiger partial charge on any atom is -0.399 e. The zero-order chi connectivity index (χ0) is 13.7. The van der Waals surface area contributed by atoms with E-state index in [1.165, 1.54) is 11.1 Å². The number of aryl methyl sites for hydroxylation is 2. The van der Waals surface area contributed by atoms with Crippen LogP contribution in [0.4, 0.5) is 11.4 Å². The van der Waals surface area contributed by atoms with Crippen molar-refractivity contribution in [2.45, 2.75) is 19.8 Å². The third kappa shape index (κ3) is 4.14. The molecule has 2 aromatic rings. The summed E-state index contributed by atoms with van der Waals surface area (Å²) in [6.07, 6.45) is 1.23. The van der Waals surface area contributed by atoms with Crippen LogP contribution in [-0.2, 0) is 11.2 Å². The van der Waals surface area contributed by atoms with Crippen molar-refractivity contribution >= 4 is 17.3 Å². The van der Waals surface area contributed by atoms with Crippen LogP contribution in [0.1, 0.15) is 17.5 Å². The van der Waals surface area contributed by atoms with E-state index < -0.39 is 0 Å². The molecule has 0 fully saturated rings. The molecule has 98 valence electrons. The van der Waals surface area contributed by atoms with E-state index >= 15 is 0 Å². The number of rotatable bonds is 4. The Morgan fingerprint density at radius 3 is 2.58 bits per heavy atom. The van der Waals surface area contributed by atoms with Gasteiger partial charge in [-0.25, -0.2) is 0 Å². The van der Waals surface area contributed by atoms with Crippen molar-refractivity contribution in [3.05, 3.63) is 59.7 Å². The Bertz CT molecular complexity index is 561. The third-order valence-corrected chi connectivity index (χ3v) is 2.92. The van der Waals surface area contributed by atoms with E-state index in [2.05, 4.69) is 24.4 Å². The van der Waals surface area contributed by atoms with Gasteiger partial charge in [0, 0.05) is 17.8 Å². The molecule has 2 rings (SSSR count). The Hall–Kier alpha value is -2.29. The van der Waals surface area contributed by atoms with Crippen molar-refractivity contribution in [1.82, 2.24) is 0 Å². The van der Waals surface area contributed by atoms with Gasteiger partial charge in [0.25, 0.3) is 0 Å². The molecule has 0 radical (unpaired) electrons. The van der Waals surface area contributed by atoms with Gasteiger partial charge in [0.15, 0.2) is 0 Å². The molecule has 3 heteroatoms. The first kappa shape index (κ1) is 13.1. The number of nitrogens with one attached hydrogen (secondary N) is 1. The highest BCUT2D eigenvalue weighted by Crippen LogP contribution is 2.12. The van der Waals surface area contributed by atoms with Crippen LogP contribution in [0.3, 0.4) is 0 Å². The highest BCUT2D eigenvalue weighted by molar-refractivity contribution is 5.90. The lowest BCUT2D eigenvalue weighted by Crippen LogP contribution is -2.12. The number of anilines is 2. The van der Waals surface area contributed by atoms with Gasteiger partial charge in [0.1, 0.15) is 0 Å². The summed E-state index contributed by atoms with van der Waals surface area (Å²) in [6.45, 7) is 2.05. The molecule has 3 N–H and O–H groups in total. The number of amides is 1. The fourth-order valence-corrected chi connectivity index (χ4v) is 1.92. The molecule has 0 aliphatic rings. The molecule has 0 aromatic heterocycles. The fraction of sp³-hybridized carbons (Fsp3) is 0.188. The van der Waals surface area contributed by atoms with E-state index in [1.807, 2.05) is 12.1 Å². The summed E-state index contributed by atoms with van der Waals surface area (Å²) in [4.78, 5) is 11.8. The van der Waals surface area contributed by atoms with Gasteiger partial charge in [-0.3, -0.25) is 4.79 Å². The fourth-order valence-electron chi connectivity index (χ4n) is 1.92. The predicted molar refractivity (Wildman–Crippen MR) is 79.0 cm³/mol. The van der Waals surface area contributed by atoms with Gasteiger partial charge in [-0.05, 0) is 43.2 Å². The Labute approximate surface area is 113 Å². The van der Waals surface area contributed by atoms with Gasteiger partial charge in [-0.1, -0.05) is 29.8 Å². The van der Waals surface area contributed by atoms with Gasteiger partial charge in [-0.15, -0.1) is 0 Å². The molecule has 0 heterocycles. The quantitative estimate of drug-likeness (QED) is 0.823. The summed E-state index contributed by atoms with van der Waals surface area (Å²) in [7, 11) is 0. The van der Waals surface area contributed by atoms with Crippen molar-refractivity contribution in [2.75, 3.05) is 11.1 Å². The molecular formula is C16H18N2O. The molecule has 0 spiro atoms. The van der Waals surface area contributed by atoms with Crippen molar-refractivity contribution in [1.29, 1.82) is 0 Å². The highest BCUT2D eigenvalue weighted by atomic mass is 16.1. The SMILES string of the molecule is Cc1cccc(CCC(=O)Nc2ccc(N)cc2)c1. The van der Waals surface area contributed by atoms with Crippen LogP contribution in [0, 0.1) is 6.92 Å². The average Bonchev–Trinajstić information content (AvgIpc) is 2.39. The van der Waals surface area contributed by atoms with Crippen LogP contribution in [0.2, 0.25) is 0 Å². The summed E-state index contributed by atoms with van der Waals surface area (Å²) in [5, 5.41) is 2.86. The van der Waals surface area contributed by atoms with Crippen LogP contribution >= 0.6 is 0 Å². The Balaban J connectivity index is 1.86. The van der Waals surface area contributed by atoms with Gasteiger partial charge < -0.3 is 11.1 Å². The molecule has 0 bridgehead atoms. The van der Waals surface area contributed by atoms with E-state index in [1.54, 1.807) is 24.3 Å². The summed E-state index contributed by atoms with van der Waals surface area (Å²) in [6, 6.07) is 15.4. The maximum Gasteiger partial charge on any atom is 0.224 e. The van der Waals surface area contributed by atoms with E-state index in [-0.39, 0.29) is 5.91 Å². The molecular weight excluding hydrogens is 236 g/mol. The summed E-state index contributed by atoms with van der Waals surface area (Å²) < 4.78 is 0. The lowest BCUT2D eigenvalue weighted by molar-refractivity contribution is -0.116. The second-order valence-corrected chi connectivity index (χ2v) is 4.66. The number of carbonyl (C=O) groups is 1. The van der Waals surface area contributed by atoms with Gasteiger partial charge in [0.05, 0.1) is 0 Å². The van der Waals surface area contributed by atoms with Crippen molar-refractivity contribution in [2.24, 2.45) is 0 Å². The largest absolute Gasteiger partial charge is 0.399 e. The third-order valence-electron chi connectivity index (χ3n) is 2.92. The first-order valence-electron chi connectivity index (χ1n) is 6.34. The van der Waals surface area contributed by atoms with Gasteiger partial charge in [0.2, 0.25) is 5.91 Å². The number of hydrogen-bond donors (Lipinski definition) is 2. The van der Waals surface area contributed by atoms with Crippen LogP contribution < -0.4 is 11.1 Å². The number of nitrogen functional groups attached to an aromatic ring is 1. The van der Waals surface area contributed by atoms with Crippen molar-refractivity contribution < 1.29 is 4.79 Å². The molecule has 2 aromatic carbocycles. The molecule has 3 nitrogen and oxygen atoms in total. The second kappa shape index (κ2) is 6.05. The topological polar surface area (TPSA) is 55.1 Å². The highest BCUT2D eigenvalue weighted by Gasteiger charge is 2.03. The first-order chi connectivity index (χ1) is 9.13. The first-order valence-corrected chi connectivity index (χ1v) is 6.34. The molecule has 0 saturated carbocycles. The monoisotopic (exact) mass is 254 g/mol. The predicted octanol–water partition coefficient (Wildman–Crippen LogP) is 3.15. The van der Waals surface area contributed by atoms with Crippen LogP contribution in [-0.4, -0.2) is 5.91 Å². The number of hydrogen-bond acceptors (Lipinski definition) is 2. The Kier molecular flexibility index (Phi) is 4.18. The number of benzene rings is 2. The molecule has 0 saturated heterocycles. The maximum absolute atomic E-state index is 11.8. The molecule has 19 heavy (non-hydrogen) atoms. The average molecular weight is 254 g/mol. The molecule has 0 aliphatic carbocycles. The zero-order valence-corrected chi connectivity index (χ0v) is 11.0. The summed E-state index contributed by atoms with van der Waals surface area (Å²) in [5.41, 5.74) is 9.47. The zero-order valence-electron chi connectivity index (χ0n) is 11.0. The molecule has 0 aliphatic heterocycles. The normalized spacial score (nSPS) is 10.2. The van der Waals surface area contributed by atoms with Gasteiger partial charge >= 0.3 is 0 Å². The standard InChI is InChI=1S/C16H18N2O/c1-12-3-2-4-13(11-12)5-10-16(19)18-15-8-6-14(17)7-9-15/h2-4,6-9,11H,5,10,17H2,1H3,(H,18,19). The molecule has 0 atom stereocenters. The summed E-state index contributed by atoms with van der Waals surface area (Å²) in [5.74, 6) is 0.0197. The number of nitrogens with two attached hydrogens (primary N) is 1. The maximum atomic E-state index is 11.8. The minimum absolute atomic E-state index is 0.0197. The van der Waals surface area contributed by atoms with Gasteiger partial charge in [-0.2, -0.15) is 0 Å². The lowest BCUT2D eigenvalue weighted by atomic mass is 10.1. The van der Waals surface area contributed by atoms with Crippen LogP contribution in [0.5, 0.6) is 0 Å². The van der Waals surface area contributed by atoms with Crippen molar-refractivity contribution in [3.8, 4) is 0 Å². The minimum atomic E-state index is 0.0197. The van der Waals surface area contributed by atoms with Crippen LogP contribution in [0.25, 0.3) is 0 Å². The van der Waals surface area contributed by atoms with E-state index in [0.717, 1.165) is 12.1 Å². The lowest BCUT2D eigenvalue weighted by Gasteiger charge is -2.06. The van der Waals surface area contributed by atoms with E-state index in [0.29, 0.717) is 12.1 Å². The van der Waals surface area contributed by atoms with E-state index in [4.69, 9.17) is 5.73 Å². The Morgan fingerprint density at radius 1 is 1.16 bits per heavy atom. The molecule has 0 unspecified atom stereocenters. The smallest absolute Gasteiger partial charge is 0.224 e. The van der Waals surface area contributed by atoms with E-state index in [9.17, 15) is 4.79 Å². The summed E-state index contributed by atoms with van der Waals surface area (Å²) >= 11 is 0. The molecule has 1 amide bonds. The van der Waals surface area contributed by atoms with Crippen LogP contribution in [0.15, 0.2) is 48.5 Å². The Morgan fingerprint density at radius 2 is 1.89 bits per heavy atom. The number of carbonyl (C=O) groups excluding carboxylic acids is 1.